The number of esters is 1. The maximum absolute atomic E-state index is 12.0. The fraction of sp³-hybridized carbons (Fsp3) is 0.471. The lowest BCUT2D eigenvalue weighted by atomic mass is 10.0. The minimum Gasteiger partial charge on any atom is -0.467 e. The predicted molar refractivity (Wildman–Crippen MR) is 91.1 cm³/mol. The van der Waals surface area contributed by atoms with Crippen molar-refractivity contribution in [1.29, 1.82) is 0 Å². The van der Waals surface area contributed by atoms with E-state index in [-0.39, 0.29) is 30.4 Å². The Hall–Kier alpha value is -1.69. The minimum absolute atomic E-state index is 0.0421. The highest BCUT2D eigenvalue weighted by molar-refractivity contribution is 9.10. The second-order valence-electron chi connectivity index (χ2n) is 5.70. The van der Waals surface area contributed by atoms with E-state index in [4.69, 9.17) is 4.74 Å². The molecule has 1 rings (SSSR count). The molecular weight excluding hydrogens is 362 g/mol. The van der Waals surface area contributed by atoms with Gasteiger partial charge in [-0.05, 0) is 24.5 Å². The first-order chi connectivity index (χ1) is 10.8. The van der Waals surface area contributed by atoms with E-state index >= 15 is 0 Å². The molecule has 1 unspecified atom stereocenters. The van der Waals surface area contributed by atoms with Crippen molar-refractivity contribution in [2.45, 2.75) is 39.2 Å². The quantitative estimate of drug-likeness (QED) is 0.552. The van der Waals surface area contributed by atoms with E-state index in [9.17, 15) is 14.4 Å². The van der Waals surface area contributed by atoms with Crippen molar-refractivity contribution < 1.29 is 19.1 Å². The van der Waals surface area contributed by atoms with Gasteiger partial charge >= 0.3 is 5.97 Å². The fourth-order valence-corrected chi connectivity index (χ4v) is 2.37. The van der Waals surface area contributed by atoms with Crippen molar-refractivity contribution in [3.8, 4) is 0 Å². The normalized spacial score (nSPS) is 11.9. The zero-order chi connectivity index (χ0) is 17.4. The summed E-state index contributed by atoms with van der Waals surface area (Å²) in [6.07, 6.45) is 0.641. The average molecular weight is 384 g/mol. The molecule has 0 heterocycles. The Kier molecular flexibility index (Phi) is 7.95. The van der Waals surface area contributed by atoms with Gasteiger partial charge in [-0.25, -0.2) is 4.79 Å². The molecule has 1 N–H and O–H groups in total. The molecule has 5 nitrogen and oxygen atoms in total. The zero-order valence-electron chi connectivity index (χ0n) is 13.6. The molecule has 0 aliphatic carbocycles. The summed E-state index contributed by atoms with van der Waals surface area (Å²) in [5.74, 6) is -0.660. The van der Waals surface area contributed by atoms with Crippen molar-refractivity contribution in [3.05, 3.63) is 34.3 Å². The van der Waals surface area contributed by atoms with Crippen LogP contribution in [0.5, 0.6) is 0 Å². The van der Waals surface area contributed by atoms with Crippen LogP contribution in [-0.4, -0.2) is 30.8 Å². The summed E-state index contributed by atoms with van der Waals surface area (Å²) < 4.78 is 5.59. The van der Waals surface area contributed by atoms with Gasteiger partial charge in [0.15, 0.2) is 5.78 Å². The zero-order valence-corrected chi connectivity index (χ0v) is 15.2. The molecule has 0 fully saturated rings. The number of methoxy groups -OCH3 is 1. The second-order valence-corrected chi connectivity index (χ2v) is 6.62. The van der Waals surface area contributed by atoms with E-state index in [1.807, 2.05) is 13.8 Å². The second kappa shape index (κ2) is 9.45. The average Bonchev–Trinajstić information content (AvgIpc) is 2.51. The summed E-state index contributed by atoms with van der Waals surface area (Å²) in [7, 11) is 1.29. The van der Waals surface area contributed by atoms with Crippen LogP contribution in [0.3, 0.4) is 0 Å². The lowest BCUT2D eigenvalue weighted by molar-refractivity contribution is -0.145. The van der Waals surface area contributed by atoms with Gasteiger partial charge in [-0.15, -0.1) is 0 Å². The van der Waals surface area contributed by atoms with E-state index in [1.165, 1.54) is 7.11 Å². The molecule has 23 heavy (non-hydrogen) atoms. The Balaban J connectivity index is 2.52. The van der Waals surface area contributed by atoms with Crippen LogP contribution in [0.1, 0.15) is 43.5 Å². The summed E-state index contributed by atoms with van der Waals surface area (Å²) >= 11 is 3.30. The maximum atomic E-state index is 12.0. The molecule has 0 bridgehead atoms. The minimum atomic E-state index is -0.671. The van der Waals surface area contributed by atoms with Crippen LogP contribution in [0.25, 0.3) is 0 Å². The van der Waals surface area contributed by atoms with E-state index in [2.05, 4.69) is 21.2 Å². The molecule has 0 radical (unpaired) electrons. The Morgan fingerprint density at radius 1 is 1.13 bits per heavy atom. The number of hydrogen-bond donors (Lipinski definition) is 1. The molecule has 6 heteroatoms. The van der Waals surface area contributed by atoms with Gasteiger partial charge in [0.25, 0.3) is 0 Å². The van der Waals surface area contributed by atoms with Gasteiger partial charge in [-0.2, -0.15) is 0 Å². The number of ether oxygens (including phenoxy) is 1. The lowest BCUT2D eigenvalue weighted by Crippen LogP contribution is -2.42. The lowest BCUT2D eigenvalue weighted by Gasteiger charge is -2.18. The van der Waals surface area contributed by atoms with E-state index in [0.717, 1.165) is 4.47 Å². The topological polar surface area (TPSA) is 72.5 Å². The number of benzene rings is 1. The van der Waals surface area contributed by atoms with Gasteiger partial charge in [0, 0.05) is 22.9 Å². The predicted octanol–water partition coefficient (Wildman–Crippen LogP) is 3.12. The Bertz CT molecular complexity index is 554. The molecule has 1 atom stereocenters. The van der Waals surface area contributed by atoms with Gasteiger partial charge in [0.2, 0.25) is 5.91 Å². The number of Topliss-reactive ketones (excluding diaryl/α,β-unsaturated/α-hetero) is 1. The summed E-state index contributed by atoms with van der Waals surface area (Å²) in [5, 5.41) is 2.64. The van der Waals surface area contributed by atoms with Crippen LogP contribution in [0.2, 0.25) is 0 Å². The van der Waals surface area contributed by atoms with Gasteiger partial charge in [0.1, 0.15) is 6.04 Å². The summed E-state index contributed by atoms with van der Waals surface area (Å²) in [4.78, 5) is 35.7. The highest BCUT2D eigenvalue weighted by Gasteiger charge is 2.22. The highest BCUT2D eigenvalue weighted by Crippen LogP contribution is 2.13. The summed E-state index contributed by atoms with van der Waals surface area (Å²) in [6, 6.07) is 6.31. The third-order valence-electron chi connectivity index (χ3n) is 3.27. The van der Waals surface area contributed by atoms with Crippen LogP contribution in [-0.2, 0) is 14.3 Å². The number of amides is 1. The first kappa shape index (κ1) is 19.4. The third kappa shape index (κ3) is 6.95. The van der Waals surface area contributed by atoms with Crippen LogP contribution >= 0.6 is 15.9 Å². The standard InChI is InChI=1S/C17H22BrNO4/c1-11(2)10-14(17(22)23-3)19-16(21)9-8-15(20)12-4-6-13(18)7-5-12/h4-7,11,14H,8-10H2,1-3H3,(H,19,21). The number of nitrogens with one attached hydrogen (secondary N) is 1. The molecule has 0 saturated heterocycles. The van der Waals surface area contributed by atoms with Crippen LogP contribution < -0.4 is 5.32 Å². The van der Waals surface area contributed by atoms with Crippen molar-refractivity contribution in [1.82, 2.24) is 5.32 Å². The van der Waals surface area contributed by atoms with Crippen LogP contribution in [0.4, 0.5) is 0 Å². The van der Waals surface area contributed by atoms with Crippen LogP contribution in [0, 0.1) is 5.92 Å². The maximum Gasteiger partial charge on any atom is 0.328 e. The Morgan fingerprint density at radius 3 is 2.26 bits per heavy atom. The van der Waals surface area contributed by atoms with Gasteiger partial charge < -0.3 is 10.1 Å². The smallest absolute Gasteiger partial charge is 0.328 e. The largest absolute Gasteiger partial charge is 0.467 e. The molecule has 0 aliphatic heterocycles. The SMILES string of the molecule is COC(=O)C(CC(C)C)NC(=O)CCC(=O)c1ccc(Br)cc1. The Labute approximate surface area is 144 Å². The van der Waals surface area contributed by atoms with Crippen molar-refractivity contribution in [2.75, 3.05) is 7.11 Å². The number of hydrogen-bond acceptors (Lipinski definition) is 4. The molecule has 1 aromatic rings. The first-order valence-corrected chi connectivity index (χ1v) is 8.28. The molecular formula is C17H22BrNO4. The number of carbonyl (C=O) groups is 3. The van der Waals surface area contributed by atoms with Crippen molar-refractivity contribution in [2.24, 2.45) is 5.92 Å². The van der Waals surface area contributed by atoms with E-state index in [1.54, 1.807) is 24.3 Å². The highest BCUT2D eigenvalue weighted by atomic mass is 79.9. The van der Waals surface area contributed by atoms with Gasteiger partial charge in [-0.1, -0.05) is 41.9 Å². The molecule has 1 amide bonds. The molecule has 0 spiro atoms. The number of carbonyl (C=O) groups excluding carboxylic acids is 3. The Morgan fingerprint density at radius 2 is 1.74 bits per heavy atom. The number of rotatable bonds is 8. The molecule has 126 valence electrons. The molecule has 0 saturated carbocycles. The monoisotopic (exact) mass is 383 g/mol. The van der Waals surface area contributed by atoms with Crippen molar-refractivity contribution >= 4 is 33.6 Å². The molecule has 0 aromatic heterocycles. The van der Waals surface area contributed by atoms with Gasteiger partial charge in [0.05, 0.1) is 7.11 Å². The first-order valence-electron chi connectivity index (χ1n) is 7.49. The van der Waals surface area contributed by atoms with Gasteiger partial charge in [-0.3, -0.25) is 9.59 Å². The summed E-state index contributed by atoms with van der Waals surface area (Å²) in [6.45, 7) is 3.91. The van der Waals surface area contributed by atoms with E-state index < -0.39 is 12.0 Å². The summed E-state index contributed by atoms with van der Waals surface area (Å²) in [5.41, 5.74) is 0.563. The molecule has 1 aromatic carbocycles. The third-order valence-corrected chi connectivity index (χ3v) is 3.80. The number of halogens is 1. The van der Waals surface area contributed by atoms with E-state index in [0.29, 0.717) is 12.0 Å². The molecule has 0 aliphatic rings. The number of ketones is 1. The fourth-order valence-electron chi connectivity index (χ4n) is 2.10. The van der Waals surface area contributed by atoms with Crippen LogP contribution in [0.15, 0.2) is 28.7 Å². The van der Waals surface area contributed by atoms with Crippen molar-refractivity contribution in [3.63, 3.8) is 0 Å².